The summed E-state index contributed by atoms with van der Waals surface area (Å²) >= 11 is 0. The highest BCUT2D eigenvalue weighted by atomic mass is 15.1. The van der Waals surface area contributed by atoms with Crippen LogP contribution in [0.15, 0.2) is 128 Å². The van der Waals surface area contributed by atoms with Crippen LogP contribution in [0.4, 0.5) is 0 Å². The molecule has 0 spiro atoms. The summed E-state index contributed by atoms with van der Waals surface area (Å²) in [5.74, 6) is 1.47. The van der Waals surface area contributed by atoms with Crippen LogP contribution in [0.2, 0.25) is 0 Å². The molecule has 7 heteroatoms. The second kappa shape index (κ2) is 11.2. The molecule has 0 bridgehead atoms. The molecule has 0 fully saturated rings. The monoisotopic (exact) mass is 603 g/mol. The number of hydrogen-bond acceptors (Lipinski definition) is 7. The lowest BCUT2D eigenvalue weighted by molar-refractivity contribution is 1.05. The zero-order valence-electron chi connectivity index (χ0n) is 25.1. The van der Waals surface area contributed by atoms with E-state index < -0.39 is 0 Å². The van der Waals surface area contributed by atoms with E-state index in [9.17, 15) is 0 Å². The molecule has 0 saturated heterocycles. The molecular formula is C40H25N7. The molecule has 0 unspecified atom stereocenters. The van der Waals surface area contributed by atoms with Gasteiger partial charge in [-0.15, -0.1) is 0 Å². The first-order valence-corrected chi connectivity index (χ1v) is 15.5. The molecule has 3 aromatic carbocycles. The van der Waals surface area contributed by atoms with Gasteiger partial charge in [0.1, 0.15) is 11.4 Å². The number of nitrogens with zero attached hydrogens (tertiary/aromatic N) is 7. The van der Waals surface area contributed by atoms with E-state index in [1.165, 1.54) is 15.7 Å². The fourth-order valence-corrected chi connectivity index (χ4v) is 6.40. The fraction of sp³-hybridized carbons (Fsp3) is 0.0250. The first kappa shape index (κ1) is 26.9. The molecule has 9 rings (SSSR count). The normalized spacial score (nSPS) is 12.1. The van der Waals surface area contributed by atoms with Crippen LogP contribution in [0.25, 0.3) is 79.6 Å². The predicted molar refractivity (Wildman–Crippen MR) is 185 cm³/mol. The number of aromatic nitrogens is 7. The van der Waals surface area contributed by atoms with Crippen molar-refractivity contribution in [3.8, 4) is 45.7 Å². The van der Waals surface area contributed by atoms with Gasteiger partial charge in [-0.25, -0.2) is 19.9 Å². The SMILES string of the molecule is C1=c2ccccc2=c2c(c(-c3ccc(-c4nc(-c5ccccn5)nc(-c5ccccn5)n4)c4cccnc34)nc3ccccc23)=CC1. The summed E-state index contributed by atoms with van der Waals surface area (Å²) in [7, 11) is 0. The van der Waals surface area contributed by atoms with Crippen molar-refractivity contribution >= 4 is 34.0 Å². The molecule has 1 aliphatic rings. The van der Waals surface area contributed by atoms with Crippen molar-refractivity contribution in [2.75, 3.05) is 0 Å². The van der Waals surface area contributed by atoms with Crippen LogP contribution >= 0.6 is 0 Å². The quantitative estimate of drug-likeness (QED) is 0.222. The van der Waals surface area contributed by atoms with Crippen molar-refractivity contribution < 1.29 is 0 Å². The topological polar surface area (TPSA) is 90.2 Å². The van der Waals surface area contributed by atoms with Crippen molar-refractivity contribution in [1.82, 2.24) is 34.9 Å². The minimum atomic E-state index is 0.475. The van der Waals surface area contributed by atoms with E-state index in [1.54, 1.807) is 12.4 Å². The van der Waals surface area contributed by atoms with Gasteiger partial charge in [0.05, 0.1) is 16.7 Å². The molecule has 0 atom stereocenters. The van der Waals surface area contributed by atoms with E-state index in [0.717, 1.165) is 50.3 Å². The predicted octanol–water partition coefficient (Wildman–Crippen LogP) is 6.68. The summed E-state index contributed by atoms with van der Waals surface area (Å²) in [6, 6.07) is 36.5. The van der Waals surface area contributed by atoms with Gasteiger partial charge in [-0.05, 0) is 65.4 Å². The summed E-state index contributed by atoms with van der Waals surface area (Å²) < 4.78 is 0. The Kier molecular flexibility index (Phi) is 6.38. The van der Waals surface area contributed by atoms with Crippen LogP contribution in [0.3, 0.4) is 0 Å². The van der Waals surface area contributed by atoms with Gasteiger partial charge in [0, 0.05) is 50.9 Å². The maximum atomic E-state index is 5.29. The van der Waals surface area contributed by atoms with Gasteiger partial charge < -0.3 is 0 Å². The van der Waals surface area contributed by atoms with Gasteiger partial charge in [-0.1, -0.05) is 72.8 Å². The zero-order chi connectivity index (χ0) is 31.2. The largest absolute Gasteiger partial charge is 0.256 e. The number of fused-ring (bicyclic) bond motifs is 5. The van der Waals surface area contributed by atoms with Gasteiger partial charge in [0.25, 0.3) is 0 Å². The van der Waals surface area contributed by atoms with Crippen LogP contribution in [0.1, 0.15) is 6.42 Å². The molecule has 1 aliphatic carbocycles. The second-order valence-electron chi connectivity index (χ2n) is 11.3. The Morgan fingerprint density at radius 1 is 0.468 bits per heavy atom. The van der Waals surface area contributed by atoms with Gasteiger partial charge >= 0.3 is 0 Å². The Hall–Kier alpha value is -6.47. The molecule has 0 amide bonds. The summed E-state index contributed by atoms with van der Waals surface area (Å²) in [5, 5.41) is 6.79. The first-order valence-electron chi connectivity index (χ1n) is 15.5. The minimum absolute atomic E-state index is 0.475. The van der Waals surface area contributed by atoms with E-state index in [2.05, 4.69) is 82.8 Å². The Morgan fingerprint density at radius 3 is 1.91 bits per heavy atom. The lowest BCUT2D eigenvalue weighted by Crippen LogP contribution is -2.13. The molecule has 7 nitrogen and oxygen atoms in total. The van der Waals surface area contributed by atoms with Crippen molar-refractivity contribution in [3.63, 3.8) is 0 Å². The molecule has 8 aromatic rings. The highest BCUT2D eigenvalue weighted by molar-refractivity contribution is 6.02. The molecule has 220 valence electrons. The van der Waals surface area contributed by atoms with Gasteiger partial charge in [0.2, 0.25) is 0 Å². The molecule has 5 aromatic heterocycles. The Balaban J connectivity index is 1.33. The van der Waals surface area contributed by atoms with E-state index in [-0.39, 0.29) is 0 Å². The Bertz CT molecular complexity index is 2650. The molecule has 0 aliphatic heterocycles. The Labute approximate surface area is 269 Å². The highest BCUT2D eigenvalue weighted by Crippen LogP contribution is 2.33. The Morgan fingerprint density at radius 2 is 1.13 bits per heavy atom. The lowest BCUT2D eigenvalue weighted by Gasteiger charge is -2.13. The number of hydrogen-bond donors (Lipinski definition) is 0. The van der Waals surface area contributed by atoms with Crippen molar-refractivity contribution in [2.24, 2.45) is 0 Å². The average molecular weight is 604 g/mol. The summed E-state index contributed by atoms with van der Waals surface area (Å²) in [4.78, 5) is 33.9. The van der Waals surface area contributed by atoms with E-state index in [1.807, 2.05) is 54.7 Å². The average Bonchev–Trinajstić information content (AvgIpc) is 3.35. The lowest BCUT2D eigenvalue weighted by atomic mass is 9.97. The molecule has 0 N–H and O–H groups in total. The van der Waals surface area contributed by atoms with E-state index >= 15 is 0 Å². The van der Waals surface area contributed by atoms with Crippen LogP contribution in [-0.4, -0.2) is 34.9 Å². The fourth-order valence-electron chi connectivity index (χ4n) is 6.40. The third-order valence-electron chi connectivity index (χ3n) is 8.51. The number of rotatable bonds is 4. The molecular weight excluding hydrogens is 578 g/mol. The smallest absolute Gasteiger partial charge is 0.182 e. The van der Waals surface area contributed by atoms with Gasteiger partial charge in [0.15, 0.2) is 17.5 Å². The number of pyridine rings is 4. The third-order valence-corrected chi connectivity index (χ3v) is 8.51. The summed E-state index contributed by atoms with van der Waals surface area (Å²) in [6.45, 7) is 0. The van der Waals surface area contributed by atoms with E-state index in [4.69, 9.17) is 24.9 Å². The first-order chi connectivity index (χ1) is 23.3. The second-order valence-corrected chi connectivity index (χ2v) is 11.3. The third kappa shape index (κ3) is 4.64. The number of para-hydroxylation sites is 1. The van der Waals surface area contributed by atoms with Gasteiger partial charge in [-0.3, -0.25) is 15.0 Å². The minimum Gasteiger partial charge on any atom is -0.256 e. The van der Waals surface area contributed by atoms with Crippen LogP contribution < -0.4 is 10.4 Å². The molecule has 0 saturated carbocycles. The maximum Gasteiger partial charge on any atom is 0.182 e. The maximum absolute atomic E-state index is 5.29. The van der Waals surface area contributed by atoms with Crippen LogP contribution in [0, 0.1) is 10.4 Å². The molecule has 5 heterocycles. The summed E-state index contributed by atoms with van der Waals surface area (Å²) in [5.41, 5.74) is 5.76. The standard InChI is InChI=1S/C40H25N7/c1-2-13-26-25(11-1)12-9-15-30-35(26)29-14-3-4-17-32(29)44-37(30)31-21-20-28(27-16-10-24-43-36(27)31)38-45-39(33-18-5-7-22-41-33)47-40(46-38)34-19-6-8-23-42-34/h1-8,10-24H,9H2. The molecule has 47 heavy (non-hydrogen) atoms. The van der Waals surface area contributed by atoms with Gasteiger partial charge in [-0.2, -0.15) is 0 Å². The zero-order valence-corrected chi connectivity index (χ0v) is 25.1. The van der Waals surface area contributed by atoms with Crippen LogP contribution in [0.5, 0.6) is 0 Å². The molecule has 0 radical (unpaired) electrons. The number of benzene rings is 3. The highest BCUT2D eigenvalue weighted by Gasteiger charge is 2.19. The summed E-state index contributed by atoms with van der Waals surface area (Å²) in [6.07, 6.45) is 10.7. The van der Waals surface area contributed by atoms with E-state index in [0.29, 0.717) is 28.9 Å². The van der Waals surface area contributed by atoms with Crippen molar-refractivity contribution in [1.29, 1.82) is 0 Å². The van der Waals surface area contributed by atoms with Crippen molar-refractivity contribution in [3.05, 3.63) is 149 Å². The van der Waals surface area contributed by atoms with Crippen molar-refractivity contribution in [2.45, 2.75) is 6.42 Å². The van der Waals surface area contributed by atoms with Crippen LogP contribution in [-0.2, 0) is 0 Å².